The molecule has 0 saturated carbocycles. The van der Waals surface area contributed by atoms with Crippen molar-refractivity contribution in [3.63, 3.8) is 0 Å². The van der Waals surface area contributed by atoms with Gasteiger partial charge in [0.05, 0.1) is 0 Å². The topological polar surface area (TPSA) is 0 Å². The van der Waals surface area contributed by atoms with Gasteiger partial charge in [-0.15, -0.1) is 17.9 Å². The maximum absolute atomic E-state index is 3.72. The highest BCUT2D eigenvalue weighted by atomic mass is 32.2. The van der Waals surface area contributed by atoms with Gasteiger partial charge in [0.25, 0.3) is 0 Å². The standard InChI is InChI=1S/C6H10S.C6H6S/c2*1-2-6-4-3-5-7-6/h2,6H,1,3-5H2;2-5H,1H2. The fourth-order valence-electron chi connectivity index (χ4n) is 1.20. The van der Waals surface area contributed by atoms with Crippen LogP contribution in [0.2, 0.25) is 0 Å². The first-order valence-electron chi connectivity index (χ1n) is 4.77. The van der Waals surface area contributed by atoms with Crippen molar-refractivity contribution in [3.05, 3.63) is 41.6 Å². The number of thioether (sulfide) groups is 1. The molecule has 1 atom stereocenters. The third-order valence-electron chi connectivity index (χ3n) is 1.97. The van der Waals surface area contributed by atoms with Crippen LogP contribution in [0.1, 0.15) is 17.7 Å². The number of thiophene rings is 1. The van der Waals surface area contributed by atoms with Crippen LogP contribution in [-0.2, 0) is 0 Å². The second-order valence-electron chi connectivity index (χ2n) is 3.01. The van der Waals surface area contributed by atoms with Crippen molar-refractivity contribution in [2.24, 2.45) is 0 Å². The van der Waals surface area contributed by atoms with Crippen molar-refractivity contribution in [2.75, 3.05) is 5.75 Å². The molecule has 1 aliphatic rings. The lowest BCUT2D eigenvalue weighted by molar-refractivity contribution is 0.882. The normalized spacial score (nSPS) is 19.6. The molecule has 1 aromatic rings. The Hall–Kier alpha value is -0.470. The maximum Gasteiger partial charge on any atom is 0.0264 e. The molecule has 0 aromatic carbocycles. The minimum atomic E-state index is 0.778. The monoisotopic (exact) mass is 224 g/mol. The Labute approximate surface area is 94.7 Å². The molecule has 0 spiro atoms. The van der Waals surface area contributed by atoms with Gasteiger partial charge in [-0.05, 0) is 30.0 Å². The largest absolute Gasteiger partial charge is 0.154 e. The molecule has 2 rings (SSSR count). The van der Waals surface area contributed by atoms with Crippen LogP contribution in [0.5, 0.6) is 0 Å². The Morgan fingerprint density at radius 2 is 2.29 bits per heavy atom. The molecule has 0 bridgehead atoms. The van der Waals surface area contributed by atoms with E-state index in [1.165, 1.54) is 23.5 Å². The molecule has 76 valence electrons. The molecule has 2 heterocycles. The minimum Gasteiger partial charge on any atom is -0.154 e. The highest BCUT2D eigenvalue weighted by Gasteiger charge is 2.09. The van der Waals surface area contributed by atoms with E-state index in [4.69, 9.17) is 0 Å². The molecule has 0 nitrogen and oxygen atoms in total. The van der Waals surface area contributed by atoms with E-state index in [-0.39, 0.29) is 0 Å². The first kappa shape index (κ1) is 11.6. The van der Waals surface area contributed by atoms with Crippen molar-refractivity contribution >= 4 is 29.2 Å². The van der Waals surface area contributed by atoms with Crippen LogP contribution in [0.4, 0.5) is 0 Å². The third kappa shape index (κ3) is 4.16. The predicted molar refractivity (Wildman–Crippen MR) is 70.1 cm³/mol. The summed E-state index contributed by atoms with van der Waals surface area (Å²) in [6.45, 7) is 7.34. The second-order valence-corrected chi connectivity index (χ2v) is 5.33. The third-order valence-corrected chi connectivity index (χ3v) is 4.22. The van der Waals surface area contributed by atoms with Crippen LogP contribution in [0, 0.1) is 0 Å². The van der Waals surface area contributed by atoms with Crippen molar-refractivity contribution in [1.29, 1.82) is 0 Å². The van der Waals surface area contributed by atoms with Crippen LogP contribution in [-0.4, -0.2) is 11.0 Å². The molecule has 1 aromatic heterocycles. The zero-order chi connectivity index (χ0) is 10.2. The molecular weight excluding hydrogens is 208 g/mol. The Morgan fingerprint density at radius 3 is 2.57 bits per heavy atom. The minimum absolute atomic E-state index is 0.778. The van der Waals surface area contributed by atoms with Gasteiger partial charge in [0.1, 0.15) is 0 Å². The summed E-state index contributed by atoms with van der Waals surface area (Å²) in [7, 11) is 0. The van der Waals surface area contributed by atoms with E-state index in [1.54, 1.807) is 11.3 Å². The Balaban J connectivity index is 0.000000140. The lowest BCUT2D eigenvalue weighted by atomic mass is 10.2. The van der Waals surface area contributed by atoms with Crippen molar-refractivity contribution in [1.82, 2.24) is 0 Å². The average Bonchev–Trinajstić information content (AvgIpc) is 2.92. The van der Waals surface area contributed by atoms with Crippen molar-refractivity contribution in [3.8, 4) is 0 Å². The van der Waals surface area contributed by atoms with E-state index in [2.05, 4.69) is 19.2 Å². The summed E-state index contributed by atoms with van der Waals surface area (Å²) in [4.78, 5) is 1.24. The average molecular weight is 224 g/mol. The fourth-order valence-corrected chi connectivity index (χ4v) is 2.87. The van der Waals surface area contributed by atoms with Gasteiger partial charge in [0.15, 0.2) is 0 Å². The second kappa shape index (κ2) is 6.91. The van der Waals surface area contributed by atoms with Crippen LogP contribution < -0.4 is 0 Å². The molecule has 0 amide bonds. The molecule has 1 aliphatic heterocycles. The summed E-state index contributed by atoms with van der Waals surface area (Å²) in [6.07, 6.45) is 6.65. The first-order valence-corrected chi connectivity index (χ1v) is 6.69. The zero-order valence-electron chi connectivity index (χ0n) is 8.32. The van der Waals surface area contributed by atoms with Crippen LogP contribution in [0.15, 0.2) is 36.7 Å². The highest BCUT2D eigenvalue weighted by molar-refractivity contribution is 8.00. The maximum atomic E-state index is 3.72. The molecule has 2 heteroatoms. The van der Waals surface area contributed by atoms with Gasteiger partial charge in [-0.2, -0.15) is 11.8 Å². The molecular formula is C12H16S2. The van der Waals surface area contributed by atoms with E-state index in [9.17, 15) is 0 Å². The van der Waals surface area contributed by atoms with E-state index in [0.717, 1.165) is 5.25 Å². The molecule has 1 unspecified atom stereocenters. The lowest BCUT2D eigenvalue weighted by Gasteiger charge is -1.94. The van der Waals surface area contributed by atoms with Gasteiger partial charge in [-0.3, -0.25) is 0 Å². The van der Waals surface area contributed by atoms with Crippen LogP contribution in [0.25, 0.3) is 6.08 Å². The van der Waals surface area contributed by atoms with Crippen molar-refractivity contribution < 1.29 is 0 Å². The SMILES string of the molecule is C=CC1CCCS1.C=Cc1cccs1. The summed E-state index contributed by atoms with van der Waals surface area (Å²) in [5.74, 6) is 1.34. The predicted octanol–water partition coefficient (Wildman–Crippen LogP) is 4.46. The molecule has 14 heavy (non-hydrogen) atoms. The van der Waals surface area contributed by atoms with E-state index < -0.39 is 0 Å². The molecule has 0 aliphatic carbocycles. The number of rotatable bonds is 2. The first-order chi connectivity index (χ1) is 6.86. The zero-order valence-corrected chi connectivity index (χ0v) is 9.95. The van der Waals surface area contributed by atoms with Gasteiger partial charge < -0.3 is 0 Å². The summed E-state index contributed by atoms with van der Waals surface area (Å²) in [6, 6.07) is 4.05. The summed E-state index contributed by atoms with van der Waals surface area (Å²) >= 11 is 3.73. The highest BCUT2D eigenvalue weighted by Crippen LogP contribution is 2.26. The van der Waals surface area contributed by atoms with E-state index >= 15 is 0 Å². The molecule has 1 saturated heterocycles. The van der Waals surface area contributed by atoms with Gasteiger partial charge in [0.2, 0.25) is 0 Å². The Bertz CT molecular complexity index is 256. The summed E-state index contributed by atoms with van der Waals surface area (Å²) < 4.78 is 0. The molecule has 1 fully saturated rings. The summed E-state index contributed by atoms with van der Waals surface area (Å²) in [5.41, 5.74) is 0. The Kier molecular flexibility index (Phi) is 5.72. The quantitative estimate of drug-likeness (QED) is 0.668. The van der Waals surface area contributed by atoms with Crippen LogP contribution in [0.3, 0.4) is 0 Å². The smallest absolute Gasteiger partial charge is 0.0264 e. The fraction of sp³-hybridized carbons (Fsp3) is 0.333. The van der Waals surface area contributed by atoms with Crippen molar-refractivity contribution in [2.45, 2.75) is 18.1 Å². The lowest BCUT2D eigenvalue weighted by Crippen LogP contribution is -1.85. The van der Waals surface area contributed by atoms with Gasteiger partial charge in [-0.1, -0.05) is 24.8 Å². The Morgan fingerprint density at radius 1 is 1.43 bits per heavy atom. The number of hydrogen-bond donors (Lipinski definition) is 0. The summed E-state index contributed by atoms with van der Waals surface area (Å²) in [5, 5.41) is 2.82. The van der Waals surface area contributed by atoms with Gasteiger partial charge in [-0.25, -0.2) is 0 Å². The molecule has 0 N–H and O–H groups in total. The van der Waals surface area contributed by atoms with Gasteiger partial charge >= 0.3 is 0 Å². The van der Waals surface area contributed by atoms with E-state index in [0.29, 0.717) is 0 Å². The van der Waals surface area contributed by atoms with Gasteiger partial charge in [0, 0.05) is 10.1 Å². The van der Waals surface area contributed by atoms with Crippen LogP contribution >= 0.6 is 23.1 Å². The van der Waals surface area contributed by atoms with E-state index in [1.807, 2.05) is 35.4 Å². The molecule has 0 radical (unpaired) electrons. The number of hydrogen-bond acceptors (Lipinski definition) is 2.